The lowest BCUT2D eigenvalue weighted by molar-refractivity contribution is -0.131. The maximum Gasteiger partial charge on any atom is 0.328 e. The summed E-state index contributed by atoms with van der Waals surface area (Å²) in [6.45, 7) is 15.5. The molecule has 0 radical (unpaired) electrons. The van der Waals surface area contributed by atoms with Gasteiger partial charge in [-0.05, 0) is 53.3 Å². The molecule has 0 fully saturated rings. The van der Waals surface area contributed by atoms with Gasteiger partial charge in [-0.3, -0.25) is 0 Å². The summed E-state index contributed by atoms with van der Waals surface area (Å²) in [7, 11) is -3.68. The molecule has 0 aliphatic heterocycles. The molecule has 0 aromatic carbocycles. The smallest absolute Gasteiger partial charge is 0.328 e. The standard InChI is InChI=1S/C24H43IO4Si2/c1-8-30(9-2,10-3)28-22(18-19-25)23(29-31(11-4,12-5)13-6)20-21(7)16-14-15-17-24(26)27/h14-20,22-23H,8-13H2,1-7H3,(H,26,27)/b16-14+,17-15+,19-18-,21-20+/t22-,23+/m0/s1. The molecule has 31 heavy (non-hydrogen) atoms. The summed E-state index contributed by atoms with van der Waals surface area (Å²) in [4.78, 5) is 10.7. The van der Waals surface area contributed by atoms with Gasteiger partial charge in [-0.15, -0.1) is 0 Å². The van der Waals surface area contributed by atoms with Crippen molar-refractivity contribution in [3.63, 3.8) is 0 Å². The Balaban J connectivity index is 6.15. The minimum Gasteiger partial charge on any atom is -0.478 e. The topological polar surface area (TPSA) is 55.8 Å². The predicted molar refractivity (Wildman–Crippen MR) is 147 cm³/mol. The Morgan fingerprint density at radius 2 is 1.26 bits per heavy atom. The van der Waals surface area contributed by atoms with E-state index in [2.05, 4.69) is 76.3 Å². The van der Waals surface area contributed by atoms with Crippen LogP contribution < -0.4 is 0 Å². The molecule has 0 rings (SSSR count). The predicted octanol–water partition coefficient (Wildman–Crippen LogP) is 7.86. The number of hydrogen-bond acceptors (Lipinski definition) is 3. The molecule has 178 valence electrons. The van der Waals surface area contributed by atoms with Crippen molar-refractivity contribution in [1.82, 2.24) is 0 Å². The second-order valence-electron chi connectivity index (χ2n) is 7.94. The van der Waals surface area contributed by atoms with Crippen molar-refractivity contribution in [3.8, 4) is 0 Å². The minimum absolute atomic E-state index is 0.113. The summed E-state index contributed by atoms with van der Waals surface area (Å²) in [6, 6.07) is 6.54. The monoisotopic (exact) mass is 578 g/mol. The highest BCUT2D eigenvalue weighted by molar-refractivity contribution is 14.1. The summed E-state index contributed by atoms with van der Waals surface area (Å²) in [5.74, 6) is -0.947. The highest BCUT2D eigenvalue weighted by Crippen LogP contribution is 2.30. The van der Waals surface area contributed by atoms with Crippen molar-refractivity contribution in [1.29, 1.82) is 0 Å². The van der Waals surface area contributed by atoms with E-state index in [9.17, 15) is 4.79 Å². The van der Waals surface area contributed by atoms with Crippen LogP contribution in [0.3, 0.4) is 0 Å². The summed E-state index contributed by atoms with van der Waals surface area (Å²) < 4.78 is 15.9. The van der Waals surface area contributed by atoms with Gasteiger partial charge in [0.2, 0.25) is 0 Å². The van der Waals surface area contributed by atoms with Gasteiger partial charge in [-0.1, -0.05) is 94.0 Å². The second-order valence-corrected chi connectivity index (χ2v) is 18.1. The molecule has 0 saturated heterocycles. The molecule has 0 saturated carbocycles. The molecule has 7 heteroatoms. The van der Waals surface area contributed by atoms with Crippen LogP contribution in [0, 0.1) is 0 Å². The molecular weight excluding hydrogens is 535 g/mol. The van der Waals surface area contributed by atoms with Crippen molar-refractivity contribution >= 4 is 45.2 Å². The van der Waals surface area contributed by atoms with Gasteiger partial charge in [0.05, 0.1) is 12.2 Å². The average Bonchev–Trinajstić information content (AvgIpc) is 2.77. The van der Waals surface area contributed by atoms with E-state index in [1.807, 2.05) is 17.1 Å². The third-order valence-corrected chi connectivity index (χ3v) is 16.1. The molecule has 0 aliphatic rings. The number of carboxylic acids is 1. The highest BCUT2D eigenvalue weighted by atomic mass is 127. The Labute approximate surface area is 206 Å². The fourth-order valence-electron chi connectivity index (χ4n) is 3.72. The van der Waals surface area contributed by atoms with Crippen molar-refractivity contribution in [2.24, 2.45) is 0 Å². The number of carbonyl (C=O) groups is 1. The molecule has 0 aromatic heterocycles. The van der Waals surface area contributed by atoms with Gasteiger partial charge in [-0.25, -0.2) is 4.79 Å². The Kier molecular flexibility index (Phi) is 15.9. The number of aliphatic carboxylic acids is 1. The molecule has 0 aliphatic carbocycles. The van der Waals surface area contributed by atoms with Gasteiger partial charge in [0, 0.05) is 6.08 Å². The van der Waals surface area contributed by atoms with Gasteiger partial charge in [0.15, 0.2) is 16.6 Å². The third kappa shape index (κ3) is 10.8. The number of carboxylic acid groups (broad SMARTS) is 1. The fraction of sp³-hybridized carbons (Fsp3) is 0.625. The van der Waals surface area contributed by atoms with Gasteiger partial charge in [0.25, 0.3) is 0 Å². The van der Waals surface area contributed by atoms with Crippen molar-refractivity contribution < 1.29 is 18.8 Å². The third-order valence-electron chi connectivity index (χ3n) is 6.36. The van der Waals surface area contributed by atoms with Crippen LogP contribution >= 0.6 is 22.6 Å². The van der Waals surface area contributed by atoms with Crippen LogP contribution in [0.15, 0.2) is 46.1 Å². The molecule has 0 spiro atoms. The van der Waals surface area contributed by atoms with E-state index < -0.39 is 22.6 Å². The molecule has 0 amide bonds. The van der Waals surface area contributed by atoms with Crippen molar-refractivity contribution in [3.05, 3.63) is 46.1 Å². The van der Waals surface area contributed by atoms with E-state index >= 15 is 0 Å². The van der Waals surface area contributed by atoms with Crippen molar-refractivity contribution in [2.45, 2.75) is 96.9 Å². The van der Waals surface area contributed by atoms with Gasteiger partial charge in [-0.2, -0.15) is 0 Å². The first-order chi connectivity index (χ1) is 14.7. The van der Waals surface area contributed by atoms with E-state index in [0.717, 1.165) is 47.9 Å². The van der Waals surface area contributed by atoms with Crippen LogP contribution in [-0.2, 0) is 13.6 Å². The highest BCUT2D eigenvalue weighted by Gasteiger charge is 2.38. The van der Waals surface area contributed by atoms with Gasteiger partial charge in [0.1, 0.15) is 0 Å². The average molecular weight is 579 g/mol. The molecule has 0 unspecified atom stereocenters. The van der Waals surface area contributed by atoms with Crippen LogP contribution in [-0.4, -0.2) is 39.9 Å². The summed E-state index contributed by atoms with van der Waals surface area (Å²) >= 11 is 2.27. The quantitative estimate of drug-likeness (QED) is 0.0877. The second kappa shape index (κ2) is 16.2. The van der Waals surface area contributed by atoms with Crippen LogP contribution in [0.5, 0.6) is 0 Å². The number of halogens is 1. The Morgan fingerprint density at radius 3 is 1.65 bits per heavy atom. The molecule has 0 aromatic rings. The first kappa shape index (κ1) is 30.5. The zero-order valence-corrected chi connectivity index (χ0v) is 24.6. The molecular formula is C24H43IO4Si2. The summed E-state index contributed by atoms with van der Waals surface area (Å²) in [5.41, 5.74) is 1.04. The van der Waals surface area contributed by atoms with Gasteiger partial charge >= 0.3 is 5.97 Å². The lowest BCUT2D eigenvalue weighted by Crippen LogP contribution is -2.48. The number of allylic oxidation sites excluding steroid dienone is 4. The lowest BCUT2D eigenvalue weighted by atomic mass is 10.1. The first-order valence-electron chi connectivity index (χ1n) is 11.6. The maximum atomic E-state index is 10.7. The number of rotatable bonds is 16. The van der Waals surface area contributed by atoms with Crippen LogP contribution in [0.2, 0.25) is 36.3 Å². The molecule has 1 N–H and O–H groups in total. The van der Waals surface area contributed by atoms with Crippen LogP contribution in [0.4, 0.5) is 0 Å². The SMILES string of the molecule is CC[Si](CC)(CC)O[C@@H](/C=C\I)[C@@H](/C=C(C)/C=C/C=C/C(=O)O)O[Si](CC)(CC)CC. The van der Waals surface area contributed by atoms with Gasteiger partial charge < -0.3 is 14.0 Å². The van der Waals surface area contributed by atoms with E-state index in [1.165, 1.54) is 0 Å². The van der Waals surface area contributed by atoms with E-state index in [1.54, 1.807) is 12.2 Å². The Morgan fingerprint density at radius 1 is 0.839 bits per heavy atom. The molecule has 0 heterocycles. The minimum atomic E-state index is -1.86. The normalized spacial score (nSPS) is 15.9. The van der Waals surface area contributed by atoms with Crippen LogP contribution in [0.25, 0.3) is 0 Å². The van der Waals surface area contributed by atoms with Crippen molar-refractivity contribution in [2.75, 3.05) is 0 Å². The van der Waals surface area contributed by atoms with E-state index in [-0.39, 0.29) is 12.2 Å². The fourth-order valence-corrected chi connectivity index (χ4v) is 9.70. The molecule has 2 atom stereocenters. The maximum absolute atomic E-state index is 10.7. The summed E-state index contributed by atoms with van der Waals surface area (Å²) in [6.07, 6.45) is 10.4. The number of hydrogen-bond donors (Lipinski definition) is 1. The zero-order chi connectivity index (χ0) is 23.9. The molecule has 4 nitrogen and oxygen atoms in total. The molecule has 0 bridgehead atoms. The largest absolute Gasteiger partial charge is 0.478 e. The zero-order valence-electron chi connectivity index (χ0n) is 20.5. The summed E-state index contributed by atoms with van der Waals surface area (Å²) in [5, 5.41) is 8.77. The van der Waals surface area contributed by atoms with Crippen LogP contribution in [0.1, 0.15) is 48.5 Å². The van der Waals surface area contributed by atoms with E-state index in [0.29, 0.717) is 0 Å². The Bertz CT molecular complexity index is 619. The lowest BCUT2D eigenvalue weighted by Gasteiger charge is -2.39. The first-order valence-corrected chi connectivity index (χ1v) is 17.9. The van der Waals surface area contributed by atoms with E-state index in [4.69, 9.17) is 14.0 Å². The Hall–Kier alpha value is -0.486.